The third-order valence-corrected chi connectivity index (χ3v) is 2.75. The molecule has 0 aromatic heterocycles. The molecular weight excluding hydrogens is 233 g/mol. The van der Waals surface area contributed by atoms with Crippen LogP contribution in [0.3, 0.4) is 0 Å². The number of aromatic hydroxyl groups is 1. The first-order valence-corrected chi connectivity index (χ1v) is 5.29. The molecule has 0 heterocycles. The molecule has 0 spiro atoms. The van der Waals surface area contributed by atoms with Crippen LogP contribution < -0.4 is 0 Å². The van der Waals surface area contributed by atoms with Crippen LogP contribution >= 0.6 is 11.8 Å². The zero-order valence-electron chi connectivity index (χ0n) is 8.51. The van der Waals surface area contributed by atoms with Crippen molar-refractivity contribution in [1.29, 1.82) is 0 Å². The van der Waals surface area contributed by atoms with Crippen molar-refractivity contribution in [2.45, 2.75) is 17.3 Å². The highest BCUT2D eigenvalue weighted by Gasteiger charge is 2.23. The van der Waals surface area contributed by atoms with Gasteiger partial charge in [-0.3, -0.25) is 10.1 Å². The zero-order valence-corrected chi connectivity index (χ0v) is 9.33. The number of nitro groups is 1. The number of rotatable bonds is 4. The molecule has 0 aliphatic carbocycles. The smallest absolute Gasteiger partial charge is 0.324 e. The van der Waals surface area contributed by atoms with Crippen LogP contribution in [-0.4, -0.2) is 15.5 Å². The first-order valence-electron chi connectivity index (χ1n) is 4.41. The van der Waals surface area contributed by atoms with Gasteiger partial charge in [0.1, 0.15) is 5.50 Å². The molecule has 1 atom stereocenters. The lowest BCUT2D eigenvalue weighted by Crippen LogP contribution is -1.95. The molecule has 1 rings (SSSR count). The van der Waals surface area contributed by atoms with Crippen molar-refractivity contribution in [2.24, 2.45) is 0 Å². The summed E-state index contributed by atoms with van der Waals surface area (Å²) >= 11 is 0.684. The van der Waals surface area contributed by atoms with Gasteiger partial charge in [0.2, 0.25) is 5.75 Å². The quantitative estimate of drug-likeness (QED) is 0.500. The molecule has 0 radical (unpaired) electrons. The molecule has 0 aliphatic rings. The number of nitrogens with zero attached hydrogens (tertiary/aromatic N) is 1. The van der Waals surface area contributed by atoms with Gasteiger partial charge in [-0.25, -0.2) is 4.39 Å². The van der Waals surface area contributed by atoms with E-state index in [-0.39, 0.29) is 10.5 Å². The molecule has 0 saturated carbocycles. The second-order valence-electron chi connectivity index (χ2n) is 2.97. The summed E-state index contributed by atoms with van der Waals surface area (Å²) in [6.45, 7) is 4.69. The van der Waals surface area contributed by atoms with E-state index in [0.717, 1.165) is 0 Å². The van der Waals surface area contributed by atoms with Crippen molar-refractivity contribution >= 4 is 23.5 Å². The molecule has 6 heteroatoms. The van der Waals surface area contributed by atoms with Crippen LogP contribution in [0.1, 0.15) is 12.5 Å². The standard InChI is InChI=1S/C10H10FNO3S/c1-3-7-4-5-8(16-6(2)11)9(10(7)13)12(14)15/h3-6,13H,1H2,2H3. The SMILES string of the molecule is C=Cc1ccc(SC(C)F)c([N+](=O)[O-])c1O. The van der Waals surface area contributed by atoms with E-state index >= 15 is 0 Å². The number of thioether (sulfide) groups is 1. The summed E-state index contributed by atoms with van der Waals surface area (Å²) in [6.07, 6.45) is 1.30. The molecular formula is C10H10FNO3S. The number of nitro benzene ring substituents is 1. The molecule has 0 fully saturated rings. The van der Waals surface area contributed by atoms with Crippen LogP contribution in [-0.2, 0) is 0 Å². The predicted octanol–water partition coefficient (Wildman–Crippen LogP) is 3.35. The van der Waals surface area contributed by atoms with Gasteiger partial charge < -0.3 is 5.11 Å². The fourth-order valence-electron chi connectivity index (χ4n) is 1.19. The topological polar surface area (TPSA) is 63.4 Å². The van der Waals surface area contributed by atoms with Gasteiger partial charge in [-0.05, 0) is 19.1 Å². The van der Waals surface area contributed by atoms with E-state index in [1.54, 1.807) is 0 Å². The summed E-state index contributed by atoms with van der Waals surface area (Å²) in [5.41, 5.74) is -1.51. The molecule has 1 unspecified atom stereocenters. The first-order chi connectivity index (χ1) is 7.47. The van der Waals surface area contributed by atoms with Gasteiger partial charge >= 0.3 is 5.69 Å². The Bertz CT molecular complexity index is 434. The summed E-state index contributed by atoms with van der Waals surface area (Å²) in [5.74, 6) is -0.481. The van der Waals surface area contributed by atoms with E-state index < -0.39 is 21.9 Å². The minimum atomic E-state index is -1.28. The fraction of sp³-hybridized carbons (Fsp3) is 0.200. The Labute approximate surface area is 95.9 Å². The van der Waals surface area contributed by atoms with Crippen LogP contribution in [0.5, 0.6) is 5.75 Å². The molecule has 4 nitrogen and oxygen atoms in total. The molecule has 86 valence electrons. The average Bonchev–Trinajstić information content (AvgIpc) is 2.16. The van der Waals surface area contributed by atoms with Crippen LogP contribution in [0.25, 0.3) is 6.08 Å². The lowest BCUT2D eigenvalue weighted by atomic mass is 10.2. The predicted molar refractivity (Wildman–Crippen MR) is 61.3 cm³/mol. The lowest BCUT2D eigenvalue weighted by Gasteiger charge is -2.06. The number of halogens is 1. The minimum Gasteiger partial charge on any atom is -0.502 e. The lowest BCUT2D eigenvalue weighted by molar-refractivity contribution is -0.388. The van der Waals surface area contributed by atoms with Crippen molar-refractivity contribution in [3.05, 3.63) is 34.4 Å². The van der Waals surface area contributed by atoms with E-state index in [4.69, 9.17) is 0 Å². The third kappa shape index (κ3) is 2.52. The Hall–Kier alpha value is -1.56. The van der Waals surface area contributed by atoms with E-state index in [2.05, 4.69) is 6.58 Å². The van der Waals surface area contributed by atoms with Crippen molar-refractivity contribution < 1.29 is 14.4 Å². The normalized spacial score (nSPS) is 12.1. The Kier molecular flexibility index (Phi) is 3.89. The van der Waals surface area contributed by atoms with Crippen molar-refractivity contribution in [2.75, 3.05) is 0 Å². The highest BCUT2D eigenvalue weighted by atomic mass is 32.2. The van der Waals surface area contributed by atoms with E-state index in [9.17, 15) is 19.6 Å². The van der Waals surface area contributed by atoms with Gasteiger partial charge in [0.15, 0.2) is 0 Å². The summed E-state index contributed by atoms with van der Waals surface area (Å²) in [7, 11) is 0. The van der Waals surface area contributed by atoms with Gasteiger partial charge in [-0.15, -0.1) is 0 Å². The van der Waals surface area contributed by atoms with Crippen molar-refractivity contribution in [1.82, 2.24) is 0 Å². The van der Waals surface area contributed by atoms with Gasteiger partial charge in [-0.1, -0.05) is 24.4 Å². The van der Waals surface area contributed by atoms with Crippen LogP contribution in [0.2, 0.25) is 0 Å². The molecule has 0 aliphatic heterocycles. The van der Waals surface area contributed by atoms with Crippen LogP contribution in [0.15, 0.2) is 23.6 Å². The van der Waals surface area contributed by atoms with Crippen LogP contribution in [0.4, 0.5) is 10.1 Å². The molecule has 1 N–H and O–H groups in total. The first kappa shape index (κ1) is 12.5. The number of phenols is 1. The Morgan fingerprint density at radius 1 is 1.69 bits per heavy atom. The molecule has 0 saturated heterocycles. The van der Waals surface area contributed by atoms with Gasteiger partial charge in [0, 0.05) is 5.56 Å². The maximum absolute atomic E-state index is 12.8. The van der Waals surface area contributed by atoms with Gasteiger partial charge in [0.05, 0.1) is 9.82 Å². The molecule has 0 bridgehead atoms. The number of phenolic OH excluding ortho intramolecular Hbond substituents is 1. The Morgan fingerprint density at radius 3 is 2.75 bits per heavy atom. The third-order valence-electron chi connectivity index (χ3n) is 1.84. The molecule has 0 amide bonds. The van der Waals surface area contributed by atoms with Gasteiger partial charge in [0.25, 0.3) is 0 Å². The zero-order chi connectivity index (χ0) is 12.3. The van der Waals surface area contributed by atoms with E-state index in [0.29, 0.717) is 11.8 Å². The summed E-state index contributed by atoms with van der Waals surface area (Å²) < 4.78 is 12.8. The summed E-state index contributed by atoms with van der Waals surface area (Å²) in [4.78, 5) is 10.1. The highest BCUT2D eigenvalue weighted by molar-refractivity contribution is 7.99. The Morgan fingerprint density at radius 2 is 2.31 bits per heavy atom. The second-order valence-corrected chi connectivity index (χ2v) is 4.30. The van der Waals surface area contributed by atoms with Crippen molar-refractivity contribution in [3.63, 3.8) is 0 Å². The summed E-state index contributed by atoms with van der Waals surface area (Å²) in [6, 6.07) is 2.86. The van der Waals surface area contributed by atoms with Crippen molar-refractivity contribution in [3.8, 4) is 5.75 Å². The fourth-order valence-corrected chi connectivity index (χ4v) is 1.97. The van der Waals surface area contributed by atoms with E-state index in [1.165, 1.54) is 25.1 Å². The van der Waals surface area contributed by atoms with Gasteiger partial charge in [-0.2, -0.15) is 0 Å². The molecule has 16 heavy (non-hydrogen) atoms. The minimum absolute atomic E-state index is 0.100. The highest BCUT2D eigenvalue weighted by Crippen LogP contribution is 2.40. The van der Waals surface area contributed by atoms with Crippen LogP contribution in [0, 0.1) is 10.1 Å². The largest absolute Gasteiger partial charge is 0.502 e. The number of hydrogen-bond acceptors (Lipinski definition) is 4. The molecule has 1 aromatic rings. The summed E-state index contributed by atoms with van der Waals surface area (Å²) in [5, 5.41) is 20.4. The second kappa shape index (κ2) is 4.98. The number of alkyl halides is 1. The maximum Gasteiger partial charge on any atom is 0.324 e. The maximum atomic E-state index is 12.8. The molecule has 1 aromatic carbocycles. The number of benzene rings is 1. The monoisotopic (exact) mass is 243 g/mol. The average molecular weight is 243 g/mol. The number of hydrogen-bond donors (Lipinski definition) is 1. The Balaban J connectivity index is 3.34. The van der Waals surface area contributed by atoms with E-state index in [1.807, 2.05) is 0 Å².